The summed E-state index contributed by atoms with van der Waals surface area (Å²) in [4.78, 5) is 22.5. The van der Waals surface area contributed by atoms with Crippen LogP contribution in [0.2, 0.25) is 0 Å². The van der Waals surface area contributed by atoms with Gasteiger partial charge in [0, 0.05) is 6.42 Å². The number of nitrogens with one attached hydrogen (secondary N) is 1. The van der Waals surface area contributed by atoms with Gasteiger partial charge in [0.2, 0.25) is 0 Å². The molecule has 0 saturated carbocycles. The van der Waals surface area contributed by atoms with Crippen LogP contribution < -0.4 is 5.32 Å². The fourth-order valence-electron chi connectivity index (χ4n) is 0.924. The number of ketones is 1. The van der Waals surface area contributed by atoms with Gasteiger partial charge in [0.05, 0.1) is 6.61 Å². The van der Waals surface area contributed by atoms with Gasteiger partial charge in [-0.1, -0.05) is 6.92 Å². The molecule has 0 aromatic heterocycles. The number of hydrogen-bond donors (Lipinski definition) is 2. The maximum Gasteiger partial charge on any atom is 0.408 e. The SMILES string of the molecule is CCC(=O)C(CO)NC(=O)OC(C)(C)C. The predicted octanol–water partition coefficient (Wildman–Crippen LogP) is 0.851. The lowest BCUT2D eigenvalue weighted by molar-refractivity contribution is -0.121. The molecule has 0 rings (SSSR count). The first-order chi connectivity index (χ1) is 6.80. The summed E-state index contributed by atoms with van der Waals surface area (Å²) in [5.41, 5.74) is -0.612. The Morgan fingerprint density at radius 1 is 1.40 bits per heavy atom. The van der Waals surface area contributed by atoms with E-state index in [2.05, 4.69) is 5.32 Å². The van der Waals surface area contributed by atoms with Gasteiger partial charge >= 0.3 is 6.09 Å². The molecular formula is C10H19NO4. The third-order valence-corrected chi connectivity index (χ3v) is 1.61. The number of Topliss-reactive ketones (excluding diaryl/α,β-unsaturated/α-hetero) is 1. The molecule has 0 radical (unpaired) electrons. The Labute approximate surface area is 89.8 Å². The van der Waals surface area contributed by atoms with Crippen LogP contribution in [0.3, 0.4) is 0 Å². The second-order valence-corrected chi connectivity index (χ2v) is 4.20. The van der Waals surface area contributed by atoms with Crippen LogP contribution in [-0.2, 0) is 9.53 Å². The van der Waals surface area contributed by atoms with E-state index in [1.54, 1.807) is 27.7 Å². The average molecular weight is 217 g/mol. The van der Waals surface area contributed by atoms with E-state index in [1.807, 2.05) is 0 Å². The fraction of sp³-hybridized carbons (Fsp3) is 0.800. The van der Waals surface area contributed by atoms with Crippen LogP contribution in [0.4, 0.5) is 4.79 Å². The molecule has 88 valence electrons. The van der Waals surface area contributed by atoms with Gasteiger partial charge in [-0.3, -0.25) is 4.79 Å². The molecule has 0 aromatic carbocycles. The highest BCUT2D eigenvalue weighted by Gasteiger charge is 2.22. The summed E-state index contributed by atoms with van der Waals surface area (Å²) in [5.74, 6) is -0.219. The fourth-order valence-corrected chi connectivity index (χ4v) is 0.924. The van der Waals surface area contributed by atoms with Crippen molar-refractivity contribution in [3.63, 3.8) is 0 Å². The maximum atomic E-state index is 11.3. The van der Waals surface area contributed by atoms with Gasteiger partial charge in [-0.05, 0) is 20.8 Å². The second-order valence-electron chi connectivity index (χ2n) is 4.20. The number of amides is 1. The summed E-state index contributed by atoms with van der Waals surface area (Å²) in [6, 6.07) is -0.871. The number of hydrogen-bond acceptors (Lipinski definition) is 4. The highest BCUT2D eigenvalue weighted by Crippen LogP contribution is 2.06. The predicted molar refractivity (Wildman–Crippen MR) is 55.5 cm³/mol. The Kier molecular flexibility index (Phi) is 5.28. The summed E-state index contributed by atoms with van der Waals surface area (Å²) in [7, 11) is 0. The highest BCUT2D eigenvalue weighted by atomic mass is 16.6. The van der Waals surface area contributed by atoms with E-state index in [1.165, 1.54) is 0 Å². The number of aliphatic hydroxyl groups is 1. The average Bonchev–Trinajstić information content (AvgIpc) is 2.10. The van der Waals surface area contributed by atoms with E-state index >= 15 is 0 Å². The molecule has 0 aliphatic heterocycles. The van der Waals surface area contributed by atoms with Crippen LogP contribution in [0, 0.1) is 0 Å². The van der Waals surface area contributed by atoms with Crippen molar-refractivity contribution in [2.45, 2.75) is 45.8 Å². The molecule has 5 heteroatoms. The van der Waals surface area contributed by atoms with Gasteiger partial charge < -0.3 is 15.2 Å². The molecule has 0 spiro atoms. The van der Waals surface area contributed by atoms with Crippen molar-refractivity contribution in [3.8, 4) is 0 Å². The van der Waals surface area contributed by atoms with E-state index in [9.17, 15) is 9.59 Å². The van der Waals surface area contributed by atoms with Crippen molar-refractivity contribution in [1.29, 1.82) is 0 Å². The van der Waals surface area contributed by atoms with Gasteiger partial charge in [-0.2, -0.15) is 0 Å². The summed E-state index contributed by atoms with van der Waals surface area (Å²) in [6.45, 7) is 6.43. The zero-order chi connectivity index (χ0) is 12.1. The van der Waals surface area contributed by atoms with Crippen molar-refractivity contribution < 1.29 is 19.4 Å². The largest absolute Gasteiger partial charge is 0.444 e. The molecule has 1 atom stereocenters. The molecule has 2 N–H and O–H groups in total. The number of alkyl carbamates (subject to hydrolysis) is 1. The second kappa shape index (κ2) is 5.70. The van der Waals surface area contributed by atoms with Crippen LogP contribution in [0.25, 0.3) is 0 Å². The zero-order valence-electron chi connectivity index (χ0n) is 9.66. The minimum absolute atomic E-state index is 0.219. The van der Waals surface area contributed by atoms with Crippen LogP contribution in [0.1, 0.15) is 34.1 Å². The van der Waals surface area contributed by atoms with E-state index in [0.717, 1.165) is 0 Å². The molecular weight excluding hydrogens is 198 g/mol. The molecule has 0 heterocycles. The van der Waals surface area contributed by atoms with Gasteiger partial charge in [-0.25, -0.2) is 4.79 Å². The van der Waals surface area contributed by atoms with E-state index in [-0.39, 0.29) is 12.2 Å². The molecule has 0 aliphatic rings. The van der Waals surface area contributed by atoms with Crippen LogP contribution in [0.5, 0.6) is 0 Å². The number of ether oxygens (including phenoxy) is 1. The molecule has 0 bridgehead atoms. The topological polar surface area (TPSA) is 75.6 Å². The number of carbonyl (C=O) groups excluding carboxylic acids is 2. The lowest BCUT2D eigenvalue weighted by atomic mass is 10.1. The first-order valence-electron chi connectivity index (χ1n) is 4.93. The summed E-state index contributed by atoms with van der Waals surface area (Å²) in [5, 5.41) is 11.2. The van der Waals surface area contributed by atoms with Gasteiger partial charge in [0.1, 0.15) is 11.6 Å². The molecule has 1 amide bonds. The van der Waals surface area contributed by atoms with Crippen molar-refractivity contribution >= 4 is 11.9 Å². The minimum Gasteiger partial charge on any atom is -0.444 e. The first kappa shape index (κ1) is 13.9. The van der Waals surface area contributed by atoms with E-state index in [0.29, 0.717) is 0 Å². The lowest BCUT2D eigenvalue weighted by Crippen LogP contribution is -2.45. The minimum atomic E-state index is -0.871. The molecule has 1 unspecified atom stereocenters. The van der Waals surface area contributed by atoms with Crippen molar-refractivity contribution in [2.75, 3.05) is 6.61 Å². The summed E-state index contributed by atoms with van der Waals surface area (Å²) < 4.78 is 4.95. The third kappa shape index (κ3) is 6.06. The molecule has 0 fully saturated rings. The van der Waals surface area contributed by atoms with E-state index in [4.69, 9.17) is 9.84 Å². The zero-order valence-corrected chi connectivity index (χ0v) is 9.66. The molecule has 0 aliphatic carbocycles. The molecule has 15 heavy (non-hydrogen) atoms. The Bertz CT molecular complexity index is 232. The van der Waals surface area contributed by atoms with Crippen molar-refractivity contribution in [1.82, 2.24) is 5.32 Å². The summed E-state index contributed by atoms with van der Waals surface area (Å²) >= 11 is 0. The monoisotopic (exact) mass is 217 g/mol. The molecule has 5 nitrogen and oxygen atoms in total. The van der Waals surface area contributed by atoms with E-state index < -0.39 is 24.3 Å². The van der Waals surface area contributed by atoms with Crippen molar-refractivity contribution in [3.05, 3.63) is 0 Å². The summed E-state index contributed by atoms with van der Waals surface area (Å²) in [6.07, 6.45) is -0.426. The number of rotatable bonds is 4. The quantitative estimate of drug-likeness (QED) is 0.732. The van der Waals surface area contributed by atoms with Gasteiger partial charge in [0.25, 0.3) is 0 Å². The Morgan fingerprint density at radius 2 is 1.93 bits per heavy atom. The van der Waals surface area contributed by atoms with Gasteiger partial charge in [-0.15, -0.1) is 0 Å². The van der Waals surface area contributed by atoms with Crippen LogP contribution in [0.15, 0.2) is 0 Å². The maximum absolute atomic E-state index is 11.3. The smallest absolute Gasteiger partial charge is 0.408 e. The van der Waals surface area contributed by atoms with Gasteiger partial charge in [0.15, 0.2) is 5.78 Å². The normalized spacial score (nSPS) is 13.1. The Balaban J connectivity index is 4.20. The van der Waals surface area contributed by atoms with Crippen molar-refractivity contribution in [2.24, 2.45) is 0 Å². The molecule has 0 aromatic rings. The first-order valence-corrected chi connectivity index (χ1v) is 4.93. The number of aliphatic hydroxyl groups excluding tert-OH is 1. The third-order valence-electron chi connectivity index (χ3n) is 1.61. The highest BCUT2D eigenvalue weighted by molar-refractivity contribution is 5.87. The van der Waals surface area contributed by atoms with Crippen LogP contribution in [-0.4, -0.2) is 35.2 Å². The number of carbonyl (C=O) groups is 2. The Hall–Kier alpha value is -1.10. The molecule has 0 saturated heterocycles. The lowest BCUT2D eigenvalue weighted by Gasteiger charge is -2.22. The standard InChI is InChI=1S/C10H19NO4/c1-5-8(13)7(6-12)11-9(14)15-10(2,3)4/h7,12H,5-6H2,1-4H3,(H,11,14). The van der Waals surface area contributed by atoms with Crippen LogP contribution >= 0.6 is 0 Å². The Morgan fingerprint density at radius 3 is 2.27 bits per heavy atom.